The van der Waals surface area contributed by atoms with Gasteiger partial charge in [-0.3, -0.25) is 0 Å². The second kappa shape index (κ2) is 6.01. The Kier molecular flexibility index (Phi) is 4.88. The Labute approximate surface area is 112 Å². The Hall–Kier alpha value is -1.63. The minimum Gasteiger partial charge on any atom is -0.492 e. The highest BCUT2D eigenvalue weighted by molar-refractivity contribution is 6.30. The molecule has 1 rings (SSSR count). The lowest BCUT2D eigenvalue weighted by Gasteiger charge is -2.19. The summed E-state index contributed by atoms with van der Waals surface area (Å²) in [5, 5.41) is 11.2. The van der Waals surface area contributed by atoms with Gasteiger partial charge < -0.3 is 15.7 Å². The van der Waals surface area contributed by atoms with Gasteiger partial charge in [0, 0.05) is 5.02 Å². The molecule has 0 spiro atoms. The summed E-state index contributed by atoms with van der Waals surface area (Å²) in [7, 11) is 0. The van der Waals surface area contributed by atoms with Gasteiger partial charge in [0.1, 0.15) is 18.3 Å². The van der Waals surface area contributed by atoms with Gasteiger partial charge in [0.25, 0.3) is 0 Å². The number of ether oxygens (including phenoxy) is 1. The van der Waals surface area contributed by atoms with Crippen LogP contribution in [0.25, 0.3) is 0 Å². The van der Waals surface area contributed by atoms with E-state index in [1.54, 1.807) is 13.0 Å². The quantitative estimate of drug-likeness (QED) is 0.388. The van der Waals surface area contributed by atoms with Gasteiger partial charge in [-0.05, 0) is 30.7 Å². The molecule has 1 aromatic rings. The average molecular weight is 297 g/mol. The molecule has 0 aromatic heterocycles. The minimum absolute atomic E-state index is 0.254. The average Bonchev–Trinajstić information content (AvgIpc) is 2.29. The highest BCUT2D eigenvalue weighted by Crippen LogP contribution is 2.28. The normalized spacial score (nSPS) is 14.3. The van der Waals surface area contributed by atoms with Crippen molar-refractivity contribution in [3.8, 4) is 5.75 Å². The monoisotopic (exact) mass is 296 g/mol. The van der Waals surface area contributed by atoms with Crippen molar-refractivity contribution in [3.05, 3.63) is 28.8 Å². The topological polar surface area (TPSA) is 67.8 Å². The molecule has 1 aromatic carbocycles. The van der Waals surface area contributed by atoms with E-state index in [0.29, 0.717) is 10.6 Å². The summed E-state index contributed by atoms with van der Waals surface area (Å²) in [5.74, 6) is -2.86. The van der Waals surface area contributed by atoms with Crippen LogP contribution < -0.4 is 10.5 Å². The maximum Gasteiger partial charge on any atom is 0.402 e. The van der Waals surface area contributed by atoms with Gasteiger partial charge in [0.15, 0.2) is 5.84 Å². The first-order valence-electron chi connectivity index (χ1n) is 5.18. The van der Waals surface area contributed by atoms with Gasteiger partial charge in [0.05, 0.1) is 0 Å². The third kappa shape index (κ3) is 4.20. The lowest BCUT2D eigenvalue weighted by Crippen LogP contribution is -2.40. The fraction of sp³-hybridized carbons (Fsp3) is 0.364. The maximum absolute atomic E-state index is 12.7. The second-order valence-electron chi connectivity index (χ2n) is 3.84. The fourth-order valence-corrected chi connectivity index (χ4v) is 1.59. The Bertz CT molecular complexity index is 477. The van der Waals surface area contributed by atoms with Crippen molar-refractivity contribution >= 4 is 17.4 Å². The summed E-state index contributed by atoms with van der Waals surface area (Å²) in [5.41, 5.74) is 5.60. The zero-order valence-electron chi connectivity index (χ0n) is 9.91. The van der Waals surface area contributed by atoms with Crippen LogP contribution in [-0.2, 0) is 0 Å². The van der Waals surface area contributed by atoms with Crippen molar-refractivity contribution < 1.29 is 23.1 Å². The Morgan fingerprint density at radius 3 is 2.63 bits per heavy atom. The predicted molar refractivity (Wildman–Crippen MR) is 64.6 cm³/mol. The summed E-state index contributed by atoms with van der Waals surface area (Å²) in [6, 6.07) is 4.51. The number of rotatable bonds is 4. The number of alkyl halides is 3. The van der Waals surface area contributed by atoms with Crippen LogP contribution in [-0.4, -0.2) is 23.8 Å². The molecule has 0 saturated heterocycles. The Morgan fingerprint density at radius 1 is 1.53 bits per heavy atom. The zero-order valence-corrected chi connectivity index (χ0v) is 10.7. The standard InChI is InChI=1S/C11H12ClF3N2O2/c1-6-4-7(12)2-3-9(6)19-5-8(10(16)17-18)11(13,14)15/h2-4,8,18H,5H2,1H3,(H2,16,17). The van der Waals surface area contributed by atoms with Crippen molar-refractivity contribution in [2.45, 2.75) is 13.1 Å². The summed E-state index contributed by atoms with van der Waals surface area (Å²) >= 11 is 5.72. The molecule has 4 nitrogen and oxygen atoms in total. The van der Waals surface area contributed by atoms with Crippen molar-refractivity contribution in [2.75, 3.05) is 6.61 Å². The maximum atomic E-state index is 12.7. The molecule has 3 N–H and O–H groups in total. The van der Waals surface area contributed by atoms with Crippen molar-refractivity contribution in [1.82, 2.24) is 0 Å². The number of halogens is 4. The first-order valence-corrected chi connectivity index (χ1v) is 5.56. The van der Waals surface area contributed by atoms with E-state index < -0.39 is 24.5 Å². The van der Waals surface area contributed by atoms with Crippen LogP contribution in [0.2, 0.25) is 5.02 Å². The Balaban J connectivity index is 2.82. The lowest BCUT2D eigenvalue weighted by atomic mass is 10.1. The molecule has 19 heavy (non-hydrogen) atoms. The molecule has 0 amide bonds. The highest BCUT2D eigenvalue weighted by atomic mass is 35.5. The molecule has 0 heterocycles. The molecular formula is C11H12ClF3N2O2. The number of nitrogens with zero attached hydrogens (tertiary/aromatic N) is 1. The number of amidine groups is 1. The molecular weight excluding hydrogens is 285 g/mol. The van der Waals surface area contributed by atoms with Crippen LogP contribution >= 0.6 is 11.6 Å². The van der Waals surface area contributed by atoms with Gasteiger partial charge in [-0.15, -0.1) is 0 Å². The SMILES string of the molecule is Cc1cc(Cl)ccc1OCC(/C(N)=N/O)C(F)(F)F. The first-order chi connectivity index (χ1) is 8.75. The van der Waals surface area contributed by atoms with Gasteiger partial charge in [-0.2, -0.15) is 13.2 Å². The van der Waals surface area contributed by atoms with Crippen LogP contribution in [0.1, 0.15) is 5.56 Å². The largest absolute Gasteiger partial charge is 0.492 e. The summed E-state index contributed by atoms with van der Waals surface area (Å²) in [6.07, 6.45) is -4.66. The van der Waals surface area contributed by atoms with Crippen LogP contribution in [0.5, 0.6) is 5.75 Å². The lowest BCUT2D eigenvalue weighted by molar-refractivity contribution is -0.162. The van der Waals surface area contributed by atoms with E-state index in [1.165, 1.54) is 12.1 Å². The molecule has 8 heteroatoms. The van der Waals surface area contributed by atoms with Gasteiger partial charge in [0.2, 0.25) is 0 Å². The molecule has 1 atom stereocenters. The number of aryl methyl sites for hydroxylation is 1. The number of hydrogen-bond donors (Lipinski definition) is 2. The van der Waals surface area contributed by atoms with E-state index in [2.05, 4.69) is 5.16 Å². The summed E-state index contributed by atoms with van der Waals surface area (Å²) in [4.78, 5) is 0. The third-order valence-electron chi connectivity index (χ3n) is 2.41. The van der Waals surface area contributed by atoms with Gasteiger partial charge in [-0.25, -0.2) is 0 Å². The number of benzene rings is 1. The summed E-state index contributed by atoms with van der Waals surface area (Å²) in [6.45, 7) is 0.870. The van der Waals surface area contributed by atoms with Crippen LogP contribution in [0.3, 0.4) is 0 Å². The van der Waals surface area contributed by atoms with Crippen molar-refractivity contribution in [3.63, 3.8) is 0 Å². The van der Waals surface area contributed by atoms with Crippen LogP contribution in [0.4, 0.5) is 13.2 Å². The van der Waals surface area contributed by atoms with E-state index in [4.69, 9.17) is 27.3 Å². The molecule has 1 unspecified atom stereocenters. The molecule has 0 saturated carbocycles. The fourth-order valence-electron chi connectivity index (χ4n) is 1.37. The smallest absolute Gasteiger partial charge is 0.402 e. The number of hydrogen-bond acceptors (Lipinski definition) is 3. The van der Waals surface area contributed by atoms with Crippen molar-refractivity contribution in [1.29, 1.82) is 0 Å². The van der Waals surface area contributed by atoms with E-state index in [-0.39, 0.29) is 5.75 Å². The van der Waals surface area contributed by atoms with E-state index in [0.717, 1.165) is 0 Å². The van der Waals surface area contributed by atoms with E-state index in [1.807, 2.05) is 0 Å². The first kappa shape index (κ1) is 15.4. The second-order valence-corrected chi connectivity index (χ2v) is 4.28. The highest BCUT2D eigenvalue weighted by Gasteiger charge is 2.43. The molecule has 0 radical (unpaired) electrons. The molecule has 0 bridgehead atoms. The Morgan fingerprint density at radius 2 is 2.16 bits per heavy atom. The van der Waals surface area contributed by atoms with Crippen molar-refractivity contribution in [2.24, 2.45) is 16.8 Å². The van der Waals surface area contributed by atoms with Crippen LogP contribution in [0, 0.1) is 12.8 Å². The van der Waals surface area contributed by atoms with Gasteiger partial charge >= 0.3 is 6.18 Å². The van der Waals surface area contributed by atoms with Gasteiger partial charge in [-0.1, -0.05) is 16.8 Å². The molecule has 0 aliphatic carbocycles. The number of oxime groups is 1. The molecule has 0 aliphatic rings. The number of nitrogens with two attached hydrogens (primary N) is 1. The third-order valence-corrected chi connectivity index (χ3v) is 2.65. The minimum atomic E-state index is -4.66. The van der Waals surface area contributed by atoms with Crippen LogP contribution in [0.15, 0.2) is 23.4 Å². The molecule has 0 aliphatic heterocycles. The van der Waals surface area contributed by atoms with E-state index >= 15 is 0 Å². The molecule has 0 fully saturated rings. The molecule has 106 valence electrons. The summed E-state index contributed by atoms with van der Waals surface area (Å²) < 4.78 is 43.0. The predicted octanol–water partition coefficient (Wildman–Crippen LogP) is 2.95. The zero-order chi connectivity index (χ0) is 14.6. The van der Waals surface area contributed by atoms with E-state index in [9.17, 15) is 13.2 Å².